The first-order valence-corrected chi connectivity index (χ1v) is 4.77. The quantitative estimate of drug-likeness (QED) is 0.275. The van der Waals surface area contributed by atoms with Crippen LogP contribution < -0.4 is 0 Å². The lowest BCUT2D eigenvalue weighted by atomic mass is 10.4. The number of alkyl halides is 1. The van der Waals surface area contributed by atoms with E-state index in [0.29, 0.717) is 10.1 Å². The van der Waals surface area contributed by atoms with Gasteiger partial charge in [-0.3, -0.25) is 10.1 Å². The maximum atomic E-state index is 10.4. The molecule has 0 radical (unpaired) electrons. The van der Waals surface area contributed by atoms with Crippen molar-refractivity contribution < 1.29 is 4.92 Å². The minimum absolute atomic E-state index is 0.110. The van der Waals surface area contributed by atoms with E-state index in [1.807, 2.05) is 22.6 Å². The zero-order valence-corrected chi connectivity index (χ0v) is 8.61. The summed E-state index contributed by atoms with van der Waals surface area (Å²) in [7, 11) is 0. The van der Waals surface area contributed by atoms with Crippen molar-refractivity contribution in [2.24, 2.45) is 0 Å². The number of rotatable bonds is 2. The SMILES string of the molecule is O=[N+]([O-])c1c(Cl)ncnc1CI. The summed E-state index contributed by atoms with van der Waals surface area (Å²) in [4.78, 5) is 17.1. The third-order valence-corrected chi connectivity index (χ3v) is 2.16. The molecule has 0 saturated heterocycles. The van der Waals surface area contributed by atoms with Crippen molar-refractivity contribution in [3.8, 4) is 0 Å². The van der Waals surface area contributed by atoms with Gasteiger partial charge in [-0.05, 0) is 0 Å². The van der Waals surface area contributed by atoms with Gasteiger partial charge in [0.25, 0.3) is 0 Å². The van der Waals surface area contributed by atoms with E-state index in [4.69, 9.17) is 11.6 Å². The molecule has 0 fully saturated rings. The molecule has 12 heavy (non-hydrogen) atoms. The largest absolute Gasteiger partial charge is 0.328 e. The minimum atomic E-state index is -0.573. The van der Waals surface area contributed by atoms with Crippen LogP contribution in [0.1, 0.15) is 5.69 Å². The summed E-state index contributed by atoms with van der Waals surface area (Å²) in [5.41, 5.74) is 0.147. The van der Waals surface area contributed by atoms with Gasteiger partial charge in [-0.1, -0.05) is 34.2 Å². The van der Waals surface area contributed by atoms with Crippen molar-refractivity contribution in [1.29, 1.82) is 0 Å². The highest BCUT2D eigenvalue weighted by Crippen LogP contribution is 2.25. The van der Waals surface area contributed by atoms with Gasteiger partial charge in [0, 0.05) is 4.43 Å². The summed E-state index contributed by atoms with van der Waals surface area (Å²) in [6.07, 6.45) is 1.21. The first kappa shape index (κ1) is 9.59. The molecule has 7 heteroatoms. The van der Waals surface area contributed by atoms with Crippen molar-refractivity contribution >= 4 is 39.9 Å². The third kappa shape index (κ3) is 1.81. The lowest BCUT2D eigenvalue weighted by Gasteiger charge is -1.97. The van der Waals surface area contributed by atoms with Crippen LogP contribution in [0, 0.1) is 10.1 Å². The van der Waals surface area contributed by atoms with E-state index in [2.05, 4.69) is 9.97 Å². The molecular weight excluding hydrogens is 296 g/mol. The number of hydrogen-bond acceptors (Lipinski definition) is 4. The Hall–Kier alpha value is -0.500. The summed E-state index contributed by atoms with van der Waals surface area (Å²) in [5, 5.41) is 10.3. The minimum Gasteiger partial charge on any atom is -0.258 e. The number of halogens is 2. The average Bonchev–Trinajstić information content (AvgIpc) is 2.03. The first-order chi connectivity index (χ1) is 5.66. The summed E-state index contributed by atoms with van der Waals surface area (Å²) in [6.45, 7) is 0. The molecule has 5 nitrogen and oxygen atoms in total. The van der Waals surface area contributed by atoms with E-state index in [9.17, 15) is 10.1 Å². The van der Waals surface area contributed by atoms with Gasteiger partial charge in [0.05, 0.1) is 4.92 Å². The topological polar surface area (TPSA) is 68.9 Å². The fourth-order valence-corrected chi connectivity index (χ4v) is 1.45. The molecule has 0 spiro atoms. The number of aromatic nitrogens is 2. The Balaban J connectivity index is 3.29. The Morgan fingerprint density at radius 2 is 2.33 bits per heavy atom. The normalized spacial score (nSPS) is 9.83. The van der Waals surface area contributed by atoms with E-state index >= 15 is 0 Å². The van der Waals surface area contributed by atoms with Crippen LogP contribution in [0.4, 0.5) is 5.69 Å². The van der Waals surface area contributed by atoms with Crippen LogP contribution in [-0.2, 0) is 4.43 Å². The van der Waals surface area contributed by atoms with E-state index < -0.39 is 4.92 Å². The molecule has 0 saturated carbocycles. The second-order valence-corrected chi connectivity index (χ2v) is 2.97. The first-order valence-electron chi connectivity index (χ1n) is 2.86. The highest BCUT2D eigenvalue weighted by molar-refractivity contribution is 14.1. The molecule has 0 aliphatic rings. The Bertz CT molecular complexity index is 320. The molecule has 0 unspecified atom stereocenters. The number of hydrogen-bond donors (Lipinski definition) is 0. The molecule has 0 bridgehead atoms. The fraction of sp³-hybridized carbons (Fsp3) is 0.200. The van der Waals surface area contributed by atoms with Gasteiger partial charge in [-0.2, -0.15) is 0 Å². The average molecular weight is 299 g/mol. The number of nitrogens with zero attached hydrogens (tertiary/aromatic N) is 3. The van der Waals surface area contributed by atoms with Crippen molar-refractivity contribution in [3.05, 3.63) is 27.3 Å². The van der Waals surface area contributed by atoms with Crippen LogP contribution in [0.5, 0.6) is 0 Å². The van der Waals surface area contributed by atoms with Gasteiger partial charge in [0.1, 0.15) is 12.0 Å². The molecule has 1 rings (SSSR count). The van der Waals surface area contributed by atoms with Crippen LogP contribution in [0.15, 0.2) is 6.33 Å². The van der Waals surface area contributed by atoms with E-state index in [1.165, 1.54) is 6.33 Å². The van der Waals surface area contributed by atoms with Crippen LogP contribution in [0.3, 0.4) is 0 Å². The maximum absolute atomic E-state index is 10.4. The zero-order valence-electron chi connectivity index (χ0n) is 5.70. The van der Waals surface area contributed by atoms with Gasteiger partial charge in [0.2, 0.25) is 5.15 Å². The summed E-state index contributed by atoms with van der Waals surface area (Å²) in [6, 6.07) is 0. The molecule has 1 aromatic rings. The molecule has 1 aromatic heterocycles. The Morgan fingerprint density at radius 3 is 2.75 bits per heavy atom. The van der Waals surface area contributed by atoms with Crippen molar-refractivity contribution in [3.63, 3.8) is 0 Å². The van der Waals surface area contributed by atoms with E-state index in [0.717, 1.165) is 0 Å². The summed E-state index contributed by atoms with van der Waals surface area (Å²) >= 11 is 7.48. The summed E-state index contributed by atoms with van der Waals surface area (Å²) in [5.74, 6) is 0. The highest BCUT2D eigenvalue weighted by Gasteiger charge is 2.19. The molecule has 0 aliphatic carbocycles. The third-order valence-electron chi connectivity index (χ3n) is 1.16. The molecule has 0 N–H and O–H groups in total. The van der Waals surface area contributed by atoms with Gasteiger partial charge in [0.15, 0.2) is 0 Å². The molecule has 1 heterocycles. The second kappa shape index (κ2) is 3.94. The standard InChI is InChI=1S/C5H3ClIN3O2/c6-5-4(10(11)12)3(1-7)8-2-9-5/h2H,1H2. The van der Waals surface area contributed by atoms with E-state index in [1.54, 1.807) is 0 Å². The molecule has 0 atom stereocenters. The predicted octanol–water partition coefficient (Wildman–Crippen LogP) is 1.97. The Labute approximate surface area is 86.5 Å². The second-order valence-electron chi connectivity index (χ2n) is 1.85. The Morgan fingerprint density at radius 1 is 1.67 bits per heavy atom. The smallest absolute Gasteiger partial charge is 0.258 e. The van der Waals surface area contributed by atoms with E-state index in [-0.39, 0.29) is 10.8 Å². The van der Waals surface area contributed by atoms with Gasteiger partial charge >= 0.3 is 5.69 Å². The molecule has 64 valence electrons. The molecule has 0 aliphatic heterocycles. The number of nitro groups is 1. The van der Waals surface area contributed by atoms with Crippen LogP contribution in [0.2, 0.25) is 5.15 Å². The van der Waals surface area contributed by atoms with Gasteiger partial charge < -0.3 is 0 Å². The molecule has 0 aromatic carbocycles. The van der Waals surface area contributed by atoms with Crippen molar-refractivity contribution in [1.82, 2.24) is 9.97 Å². The van der Waals surface area contributed by atoms with Crippen LogP contribution in [-0.4, -0.2) is 14.9 Å². The van der Waals surface area contributed by atoms with Crippen molar-refractivity contribution in [2.75, 3.05) is 0 Å². The monoisotopic (exact) mass is 299 g/mol. The molecule has 0 amide bonds. The van der Waals surface area contributed by atoms with Crippen LogP contribution >= 0.6 is 34.2 Å². The molecular formula is C5H3ClIN3O2. The van der Waals surface area contributed by atoms with Gasteiger partial charge in [-0.25, -0.2) is 9.97 Å². The zero-order chi connectivity index (χ0) is 9.14. The fourth-order valence-electron chi connectivity index (χ4n) is 0.669. The Kier molecular flexibility index (Phi) is 3.15. The summed E-state index contributed by atoms with van der Waals surface area (Å²) < 4.78 is 0.441. The maximum Gasteiger partial charge on any atom is 0.328 e. The lowest BCUT2D eigenvalue weighted by molar-refractivity contribution is -0.385. The van der Waals surface area contributed by atoms with Crippen molar-refractivity contribution in [2.45, 2.75) is 4.43 Å². The van der Waals surface area contributed by atoms with Crippen LogP contribution in [0.25, 0.3) is 0 Å². The predicted molar refractivity (Wildman–Crippen MR) is 51.4 cm³/mol. The lowest BCUT2D eigenvalue weighted by Crippen LogP contribution is -1.98. The van der Waals surface area contributed by atoms with Gasteiger partial charge in [-0.15, -0.1) is 0 Å². The highest BCUT2D eigenvalue weighted by atomic mass is 127.